The molecule has 10 rings (SSSR count). The van der Waals surface area contributed by atoms with Gasteiger partial charge in [-0.05, 0) is 73.9 Å². The van der Waals surface area contributed by atoms with Gasteiger partial charge in [-0.15, -0.1) is 25.1 Å². The van der Waals surface area contributed by atoms with Crippen LogP contribution in [0.5, 0.6) is 23.0 Å². The second-order valence-corrected chi connectivity index (χ2v) is 29.3. The first-order valence-electron chi connectivity index (χ1n) is 29.2. The number of sulfone groups is 1. The summed E-state index contributed by atoms with van der Waals surface area (Å²) in [7, 11) is -23.2. The largest absolute Gasteiger partial charge is 1.00 e. The molecule has 0 unspecified atom stereocenters. The zero-order valence-corrected chi connectivity index (χ0v) is 75.3. The minimum absolute atomic E-state index is 0. The molecule has 52 heteroatoms. The molecule has 0 saturated carbocycles. The minimum Gasteiger partial charge on any atom is -0.744 e. The van der Waals surface area contributed by atoms with Crippen molar-refractivity contribution in [2.75, 3.05) is 123 Å². The summed E-state index contributed by atoms with van der Waals surface area (Å²) in [6.45, 7) is 3.60. The Kier molecular flexibility index (Phi) is 37.9. The zero-order valence-electron chi connectivity index (χ0n) is 58.4. The number of aromatic nitrogens is 6. The number of aryl methyl sites for hydroxylation is 1. The smallest absolute Gasteiger partial charge is 0.744 e. The van der Waals surface area contributed by atoms with Gasteiger partial charge in [0.05, 0.1) is 78.3 Å². The third kappa shape index (κ3) is 24.9. The molecule has 2 aliphatic rings. The maximum atomic E-state index is 13.2. The standard InChI is InChI=1S/C55H59N16O24S6.6Na/c1-30-24-38(42(90-3)29-43(30)99(80,81)82)68-69-46-44(100(83,84)85)28-35-34(47(46)72)8-10-37(49(35)101(86,87)88)58-52-60-50(62-54(64-52)70-14-18-91-19-15-70)56-12-4-5-13-57-51-61-53(65-55(63-51)71-16-20-92-21-17-71)59-40-27-33(98(77,78)79)25-31-6-9-36(48(73)45(31)40)66-67-39-26-32(7-11-41(39)89-2)97(75,76)23-22-93-96-95-94-74;;;;;;/h6-8,10-11,24-29,72-74H,4-5,12-23H2,1-3H3,(H,77,78,79)(H,80,81,82)(H,83,84,85)(H,86,87,88)(H2,56,58,60,62,64)(H2,57,59,61,63,65);;;;;;/q-1;6*+1/p-5. The first kappa shape index (κ1) is 96.1. The predicted octanol–water partition coefficient (Wildman–Crippen LogP) is -13.6. The molecular formula is C55H54N16Na6O24S6. The molecule has 40 nitrogen and oxygen atoms in total. The van der Waals surface area contributed by atoms with Crippen LogP contribution in [0.4, 0.5) is 69.8 Å². The predicted molar refractivity (Wildman–Crippen MR) is 347 cm³/mol. The monoisotopic (exact) mass is 1650 g/mol. The maximum absolute atomic E-state index is 13.2. The third-order valence-electron chi connectivity index (χ3n) is 14.8. The van der Waals surface area contributed by atoms with Crippen LogP contribution in [-0.2, 0) is 73.3 Å². The number of anilines is 8. The van der Waals surface area contributed by atoms with E-state index < -0.39 is 116 Å². The zero-order chi connectivity index (χ0) is 72.6. The average molecular weight is 1650 g/mol. The van der Waals surface area contributed by atoms with E-state index in [2.05, 4.69) is 87.1 Å². The molecule has 2 fully saturated rings. The Morgan fingerprint density at radius 2 is 1.12 bits per heavy atom. The van der Waals surface area contributed by atoms with Gasteiger partial charge in [-0.1, -0.05) is 11.5 Å². The van der Waals surface area contributed by atoms with Crippen molar-refractivity contribution in [3.05, 3.63) is 78.4 Å². The van der Waals surface area contributed by atoms with Crippen LogP contribution < -0.4 is 223 Å². The maximum Gasteiger partial charge on any atom is 1.00 e. The van der Waals surface area contributed by atoms with Gasteiger partial charge in [0.1, 0.15) is 69.0 Å². The summed E-state index contributed by atoms with van der Waals surface area (Å²) in [5.74, 6) is -3.01. The molecule has 540 valence electrons. The van der Waals surface area contributed by atoms with Gasteiger partial charge < -0.3 is 83.7 Å². The number of aromatic hydroxyl groups is 2. The fourth-order valence-electron chi connectivity index (χ4n) is 10.1. The molecule has 2 aliphatic heterocycles. The van der Waals surface area contributed by atoms with E-state index >= 15 is 0 Å². The molecule has 2 aromatic heterocycles. The number of benzene rings is 6. The number of ether oxygens (including phenoxy) is 4. The van der Waals surface area contributed by atoms with E-state index in [1.54, 1.807) is 9.80 Å². The Morgan fingerprint density at radius 1 is 0.579 bits per heavy atom. The molecule has 0 radical (unpaired) electrons. The van der Waals surface area contributed by atoms with Gasteiger partial charge in [0.15, 0.2) is 27.9 Å². The van der Waals surface area contributed by atoms with E-state index in [1.807, 2.05) is 0 Å². The van der Waals surface area contributed by atoms with Crippen LogP contribution in [0.2, 0.25) is 0 Å². The SMILES string of the molecule is COc1ccc(S(=O)(=O)CCOSOO[O-])cc1N=Nc1[c-]cc2cc(S(=O)(=O)[O-])cc(Nc3nc(NCCCCNc4nc(Nc5ccc6c(O)c(N=Nc7cc(C)c(S(=O)(=O)[O-])cc7OC)c(S(=O)(=O)[O-])cc6c5S(=O)(=O)[O-])nc(N5CCOCC5)n4)nc(N4CCOCC4)n3)c2c1O.[Na+].[Na+].[Na+].[Na+].[Na+].[Na+]. The molecule has 6 aromatic carbocycles. The van der Waals surface area contributed by atoms with Crippen molar-refractivity contribution in [1.82, 2.24) is 29.9 Å². The topological polar surface area (TPSA) is 572 Å². The van der Waals surface area contributed by atoms with Crippen LogP contribution in [0.1, 0.15) is 18.4 Å². The first-order valence-corrected chi connectivity index (χ1v) is 37.1. The number of hydrogen-bond donors (Lipinski definition) is 6. The van der Waals surface area contributed by atoms with E-state index in [-0.39, 0.29) is 307 Å². The number of rotatable bonds is 30. The summed E-state index contributed by atoms with van der Waals surface area (Å²) < 4.78 is 208. The molecule has 8 aromatic rings. The van der Waals surface area contributed by atoms with Gasteiger partial charge in [-0.25, -0.2) is 42.1 Å². The molecule has 6 N–H and O–H groups in total. The van der Waals surface area contributed by atoms with Gasteiger partial charge in [-0.3, -0.25) is 9.22 Å². The number of fused-ring (bicyclic) bond motifs is 2. The van der Waals surface area contributed by atoms with Gasteiger partial charge >= 0.3 is 177 Å². The van der Waals surface area contributed by atoms with E-state index in [0.29, 0.717) is 58.3 Å². The van der Waals surface area contributed by atoms with E-state index in [0.717, 1.165) is 49.6 Å². The van der Waals surface area contributed by atoms with Crippen LogP contribution in [0.25, 0.3) is 21.5 Å². The normalized spacial score (nSPS) is 13.5. The average Bonchev–Trinajstić information content (AvgIpc) is 0.747. The Morgan fingerprint density at radius 3 is 1.65 bits per heavy atom. The number of methoxy groups -OCH3 is 2. The molecule has 0 aliphatic carbocycles. The van der Waals surface area contributed by atoms with Crippen LogP contribution in [-0.4, -0.2) is 193 Å². The molecule has 2 saturated heterocycles. The Bertz CT molecular complexity index is 5170. The van der Waals surface area contributed by atoms with Crippen molar-refractivity contribution in [2.24, 2.45) is 20.5 Å². The van der Waals surface area contributed by atoms with Crippen molar-refractivity contribution in [2.45, 2.75) is 44.2 Å². The molecule has 0 atom stereocenters. The van der Waals surface area contributed by atoms with Crippen molar-refractivity contribution in [3.8, 4) is 23.0 Å². The summed E-state index contributed by atoms with van der Waals surface area (Å²) in [4.78, 5) is 26.5. The Labute approximate surface area is 748 Å². The van der Waals surface area contributed by atoms with Crippen molar-refractivity contribution >= 4 is 154 Å². The molecule has 107 heavy (non-hydrogen) atoms. The summed E-state index contributed by atoms with van der Waals surface area (Å²) in [5, 5.41) is 62.7. The fourth-order valence-corrected chi connectivity index (χ4v) is 14.2. The second-order valence-electron chi connectivity index (χ2n) is 21.3. The first-order chi connectivity index (χ1) is 47.9. The molecular weight excluding hydrogens is 1600 g/mol. The number of nitrogens with zero attached hydrogens (tertiary/aromatic N) is 12. The summed E-state index contributed by atoms with van der Waals surface area (Å²) in [5.41, 5.74) is -2.65. The number of unbranched alkanes of at least 4 members (excludes halogenated alkanes) is 1. The van der Waals surface area contributed by atoms with Crippen molar-refractivity contribution in [1.29, 1.82) is 0 Å². The quantitative estimate of drug-likeness (QED) is 0.00356. The van der Waals surface area contributed by atoms with Crippen molar-refractivity contribution in [3.63, 3.8) is 0 Å². The van der Waals surface area contributed by atoms with Gasteiger partial charge in [0.2, 0.25) is 35.7 Å². The molecule has 0 amide bonds. The minimum atomic E-state index is -5.70. The molecule has 0 spiro atoms. The third-order valence-corrected chi connectivity index (χ3v) is 20.4. The van der Waals surface area contributed by atoms with Crippen LogP contribution >= 0.6 is 12.3 Å². The number of nitrogens with one attached hydrogen (secondary N) is 4. The second kappa shape index (κ2) is 42.2. The van der Waals surface area contributed by atoms with Crippen LogP contribution in [0, 0.1) is 13.0 Å². The van der Waals surface area contributed by atoms with E-state index in [1.165, 1.54) is 32.2 Å². The number of morpholine rings is 2. The Balaban J connectivity index is 0.00000403. The summed E-state index contributed by atoms with van der Waals surface area (Å²) in [6, 6.07) is 14.0. The van der Waals surface area contributed by atoms with E-state index in [9.17, 15) is 75.8 Å². The number of azo groups is 2. The van der Waals surface area contributed by atoms with Crippen LogP contribution in [0.3, 0.4) is 0 Å². The summed E-state index contributed by atoms with van der Waals surface area (Å²) >= 11 is 0.126. The summed E-state index contributed by atoms with van der Waals surface area (Å²) in [6.07, 6.45) is 0.773. The number of phenols is 2. The van der Waals surface area contributed by atoms with Gasteiger partial charge in [-0.2, -0.15) is 47.2 Å². The molecule has 4 heterocycles. The van der Waals surface area contributed by atoms with Crippen molar-refractivity contribution < 1.29 is 286 Å². The number of hydrogen-bond acceptors (Lipinski definition) is 41. The fraction of sp³-hybridized carbons (Fsp3) is 0.309. The molecule has 0 bridgehead atoms. The van der Waals surface area contributed by atoms with E-state index in [4.69, 9.17) is 23.1 Å². The Hall–Kier alpha value is -3.24. The van der Waals surface area contributed by atoms with Crippen LogP contribution in [0.15, 0.2) is 112 Å². The van der Waals surface area contributed by atoms with Gasteiger partial charge in [0.25, 0.3) is 0 Å². The number of phenolic OH excluding ortho intramolecular Hbond substituents is 2. The van der Waals surface area contributed by atoms with Gasteiger partial charge in [0, 0.05) is 78.1 Å².